The minimum absolute atomic E-state index is 0.593. The second-order valence-electron chi connectivity index (χ2n) is 5.44. The molecule has 0 saturated carbocycles. The third kappa shape index (κ3) is 2.51. The number of nitrogens with one attached hydrogen (secondary N) is 1. The van der Waals surface area contributed by atoms with Gasteiger partial charge in [0.05, 0.1) is 0 Å². The molecule has 0 radical (unpaired) electrons. The molecule has 2 aliphatic heterocycles. The van der Waals surface area contributed by atoms with Crippen molar-refractivity contribution in [2.75, 3.05) is 31.1 Å². The van der Waals surface area contributed by atoms with Gasteiger partial charge in [0.2, 0.25) is 0 Å². The molecule has 98 valence electrons. The van der Waals surface area contributed by atoms with Gasteiger partial charge in [-0.2, -0.15) is 0 Å². The zero-order valence-electron chi connectivity index (χ0n) is 10.7. The zero-order valence-corrected chi connectivity index (χ0v) is 10.7. The van der Waals surface area contributed by atoms with Crippen LogP contribution in [0.4, 0.5) is 10.1 Å². The fourth-order valence-corrected chi connectivity index (χ4v) is 3.00. The Morgan fingerprint density at radius 1 is 1.06 bits per heavy atom. The summed E-state index contributed by atoms with van der Waals surface area (Å²) >= 11 is 0. The molecule has 1 unspecified atom stereocenters. The van der Waals surface area contributed by atoms with Crippen LogP contribution in [0.5, 0.6) is 0 Å². The number of hydrogen-bond acceptors (Lipinski definition) is 2. The molecular formula is C15H21FN2. The second-order valence-corrected chi connectivity index (χ2v) is 5.44. The van der Waals surface area contributed by atoms with E-state index in [1.807, 2.05) is 0 Å². The fourth-order valence-electron chi connectivity index (χ4n) is 3.00. The SMILES string of the molecule is FC1CCN(c2ccc(C3CCNC3)cc2)CC1. The molecular weight excluding hydrogens is 227 g/mol. The number of nitrogens with zero attached hydrogens (tertiary/aromatic N) is 1. The zero-order chi connectivity index (χ0) is 12.4. The molecule has 2 fully saturated rings. The second kappa shape index (κ2) is 5.27. The Hall–Kier alpha value is -1.09. The minimum Gasteiger partial charge on any atom is -0.371 e. The molecule has 1 N–H and O–H groups in total. The van der Waals surface area contributed by atoms with Crippen LogP contribution in [0.15, 0.2) is 24.3 Å². The van der Waals surface area contributed by atoms with Crippen LogP contribution in [0.2, 0.25) is 0 Å². The molecule has 0 aromatic heterocycles. The van der Waals surface area contributed by atoms with E-state index >= 15 is 0 Å². The van der Waals surface area contributed by atoms with E-state index in [4.69, 9.17) is 0 Å². The van der Waals surface area contributed by atoms with Crippen molar-refractivity contribution in [3.05, 3.63) is 29.8 Å². The van der Waals surface area contributed by atoms with Crippen molar-refractivity contribution < 1.29 is 4.39 Å². The molecule has 2 saturated heterocycles. The largest absolute Gasteiger partial charge is 0.371 e. The molecule has 2 heterocycles. The van der Waals surface area contributed by atoms with Crippen LogP contribution < -0.4 is 10.2 Å². The molecule has 1 atom stereocenters. The van der Waals surface area contributed by atoms with Crippen molar-refractivity contribution in [1.82, 2.24) is 5.32 Å². The average Bonchev–Trinajstić information content (AvgIpc) is 2.94. The van der Waals surface area contributed by atoms with Crippen molar-refractivity contribution in [2.45, 2.75) is 31.4 Å². The van der Waals surface area contributed by atoms with E-state index in [2.05, 4.69) is 34.5 Å². The first kappa shape index (κ1) is 12.0. The van der Waals surface area contributed by atoms with Crippen molar-refractivity contribution in [2.24, 2.45) is 0 Å². The van der Waals surface area contributed by atoms with Crippen LogP contribution in [-0.2, 0) is 0 Å². The lowest BCUT2D eigenvalue weighted by molar-refractivity contribution is 0.277. The molecule has 1 aromatic rings. The van der Waals surface area contributed by atoms with Gasteiger partial charge >= 0.3 is 0 Å². The number of rotatable bonds is 2. The molecule has 2 aliphatic rings. The summed E-state index contributed by atoms with van der Waals surface area (Å²) < 4.78 is 13.1. The van der Waals surface area contributed by atoms with Gasteiger partial charge in [0.15, 0.2) is 0 Å². The van der Waals surface area contributed by atoms with E-state index in [1.165, 1.54) is 17.7 Å². The van der Waals surface area contributed by atoms with Gasteiger partial charge in [-0.1, -0.05) is 12.1 Å². The standard InChI is InChI=1S/C15H21FN2/c16-14-6-9-18(10-7-14)15-3-1-12(2-4-15)13-5-8-17-11-13/h1-4,13-14,17H,5-11H2. The van der Waals surface area contributed by atoms with Gasteiger partial charge in [-0.3, -0.25) is 0 Å². The van der Waals surface area contributed by atoms with Gasteiger partial charge in [0, 0.05) is 25.3 Å². The molecule has 1 aromatic carbocycles. The third-order valence-corrected chi connectivity index (χ3v) is 4.21. The average molecular weight is 248 g/mol. The quantitative estimate of drug-likeness (QED) is 0.865. The van der Waals surface area contributed by atoms with E-state index in [-0.39, 0.29) is 0 Å². The van der Waals surface area contributed by atoms with Crippen LogP contribution in [0, 0.1) is 0 Å². The van der Waals surface area contributed by atoms with Gasteiger partial charge in [-0.25, -0.2) is 4.39 Å². The highest BCUT2D eigenvalue weighted by Crippen LogP contribution is 2.26. The van der Waals surface area contributed by atoms with Crippen LogP contribution in [-0.4, -0.2) is 32.4 Å². The Labute approximate surface area is 108 Å². The summed E-state index contributed by atoms with van der Waals surface area (Å²) in [6.45, 7) is 3.94. The Kier molecular flexibility index (Phi) is 3.50. The van der Waals surface area contributed by atoms with E-state index in [1.54, 1.807) is 0 Å². The Balaban J connectivity index is 1.67. The van der Waals surface area contributed by atoms with Gasteiger partial charge in [0.1, 0.15) is 6.17 Å². The summed E-state index contributed by atoms with van der Waals surface area (Å²) in [5, 5.41) is 3.40. The Bertz CT molecular complexity index is 376. The summed E-state index contributed by atoms with van der Waals surface area (Å²) in [5.74, 6) is 0.677. The molecule has 18 heavy (non-hydrogen) atoms. The molecule has 3 rings (SSSR count). The van der Waals surface area contributed by atoms with E-state index < -0.39 is 6.17 Å². The normalized spacial score (nSPS) is 25.6. The Morgan fingerprint density at radius 3 is 2.39 bits per heavy atom. The number of alkyl halides is 1. The van der Waals surface area contributed by atoms with Crippen LogP contribution in [0.3, 0.4) is 0 Å². The fraction of sp³-hybridized carbons (Fsp3) is 0.600. The highest BCUT2D eigenvalue weighted by Gasteiger charge is 2.20. The van der Waals surface area contributed by atoms with E-state index in [0.717, 1.165) is 26.2 Å². The minimum atomic E-state index is -0.593. The van der Waals surface area contributed by atoms with Crippen molar-refractivity contribution in [3.8, 4) is 0 Å². The topological polar surface area (TPSA) is 15.3 Å². The lowest BCUT2D eigenvalue weighted by Gasteiger charge is -2.30. The molecule has 2 nitrogen and oxygen atoms in total. The lowest BCUT2D eigenvalue weighted by atomic mass is 9.98. The number of benzene rings is 1. The highest BCUT2D eigenvalue weighted by molar-refractivity contribution is 5.48. The first-order valence-electron chi connectivity index (χ1n) is 7.02. The number of hydrogen-bond donors (Lipinski definition) is 1. The van der Waals surface area contributed by atoms with Crippen LogP contribution in [0.1, 0.15) is 30.7 Å². The predicted molar refractivity (Wildman–Crippen MR) is 73.0 cm³/mol. The lowest BCUT2D eigenvalue weighted by Crippen LogP contribution is -2.34. The first-order chi connectivity index (χ1) is 8.83. The number of halogens is 1. The summed E-state index contributed by atoms with van der Waals surface area (Å²) in [6, 6.07) is 8.89. The van der Waals surface area contributed by atoms with Crippen LogP contribution >= 0.6 is 0 Å². The first-order valence-corrected chi connectivity index (χ1v) is 7.02. The van der Waals surface area contributed by atoms with Gasteiger partial charge in [-0.15, -0.1) is 0 Å². The van der Waals surface area contributed by atoms with Crippen LogP contribution in [0.25, 0.3) is 0 Å². The summed E-state index contributed by atoms with van der Waals surface area (Å²) in [5.41, 5.74) is 2.68. The van der Waals surface area contributed by atoms with Crippen molar-refractivity contribution in [1.29, 1.82) is 0 Å². The molecule has 0 bridgehead atoms. The van der Waals surface area contributed by atoms with E-state index in [9.17, 15) is 4.39 Å². The maximum atomic E-state index is 13.1. The Morgan fingerprint density at radius 2 is 1.78 bits per heavy atom. The van der Waals surface area contributed by atoms with Crippen molar-refractivity contribution >= 4 is 5.69 Å². The highest BCUT2D eigenvalue weighted by atomic mass is 19.1. The maximum absolute atomic E-state index is 13.1. The molecule has 0 spiro atoms. The monoisotopic (exact) mass is 248 g/mol. The number of piperidine rings is 1. The van der Waals surface area contributed by atoms with Gasteiger partial charge in [-0.05, 0) is 49.4 Å². The smallest absolute Gasteiger partial charge is 0.103 e. The summed E-state index contributed by atoms with van der Waals surface area (Å²) in [4.78, 5) is 2.30. The third-order valence-electron chi connectivity index (χ3n) is 4.21. The molecule has 0 amide bonds. The predicted octanol–water partition coefficient (Wildman–Crippen LogP) is 2.70. The van der Waals surface area contributed by atoms with E-state index in [0.29, 0.717) is 18.8 Å². The summed E-state index contributed by atoms with van der Waals surface area (Å²) in [7, 11) is 0. The molecule has 3 heteroatoms. The van der Waals surface area contributed by atoms with Gasteiger partial charge in [0.25, 0.3) is 0 Å². The summed E-state index contributed by atoms with van der Waals surface area (Å²) in [6.07, 6.45) is 2.00. The molecule has 0 aliphatic carbocycles. The van der Waals surface area contributed by atoms with Gasteiger partial charge < -0.3 is 10.2 Å². The maximum Gasteiger partial charge on any atom is 0.103 e. The van der Waals surface area contributed by atoms with Crippen molar-refractivity contribution in [3.63, 3.8) is 0 Å². The number of anilines is 1.